The van der Waals surface area contributed by atoms with Crippen molar-refractivity contribution in [3.8, 4) is 6.07 Å². The first-order valence-corrected chi connectivity index (χ1v) is 8.87. The molecule has 0 saturated heterocycles. The second-order valence-corrected chi connectivity index (χ2v) is 6.83. The Morgan fingerprint density at radius 2 is 2.11 bits per heavy atom. The van der Waals surface area contributed by atoms with E-state index in [1.165, 1.54) is 9.58 Å². The SMILES string of the molecule is N#Cc1ccc(NC(=O)N2Cc3c(C(=O)O)c(I)nn3CC2CN=O)cc1. The molecule has 1 aromatic carbocycles. The van der Waals surface area contributed by atoms with E-state index in [0.29, 0.717) is 20.6 Å². The van der Waals surface area contributed by atoms with Crippen LogP contribution in [0.4, 0.5) is 10.5 Å². The molecule has 0 radical (unpaired) electrons. The molecular formula is C16H13IN6O4. The van der Waals surface area contributed by atoms with Gasteiger partial charge in [-0.05, 0) is 46.9 Å². The number of hydrogen-bond acceptors (Lipinski definition) is 6. The lowest BCUT2D eigenvalue weighted by molar-refractivity contribution is 0.0690. The number of fused-ring (bicyclic) bond motifs is 1. The van der Waals surface area contributed by atoms with Gasteiger partial charge in [-0.15, -0.1) is 0 Å². The quantitative estimate of drug-likeness (QED) is 0.508. The number of nitrogens with zero attached hydrogens (tertiary/aromatic N) is 5. The Balaban J connectivity index is 1.87. The standard InChI is InChI=1S/C16H13IN6O4/c17-14-13(15(24)25)12-8-22(11(6-19-27)7-23(12)21-14)16(26)20-10-3-1-9(5-18)2-4-10/h1-4,11H,6-8H2,(H,20,26)(H,24,25). The minimum absolute atomic E-state index is 0.0140. The van der Waals surface area contributed by atoms with Crippen LogP contribution in [-0.2, 0) is 13.1 Å². The van der Waals surface area contributed by atoms with Gasteiger partial charge in [0.2, 0.25) is 0 Å². The molecule has 2 amide bonds. The van der Waals surface area contributed by atoms with Gasteiger partial charge < -0.3 is 15.3 Å². The summed E-state index contributed by atoms with van der Waals surface area (Å²) in [6.07, 6.45) is 0. The second-order valence-electron chi connectivity index (χ2n) is 5.81. The molecule has 2 heterocycles. The Hall–Kier alpha value is -3.01. The zero-order valence-electron chi connectivity index (χ0n) is 13.8. The van der Waals surface area contributed by atoms with E-state index in [4.69, 9.17) is 5.26 Å². The number of benzene rings is 1. The summed E-state index contributed by atoms with van der Waals surface area (Å²) in [5.41, 5.74) is 1.37. The summed E-state index contributed by atoms with van der Waals surface area (Å²) in [6, 6.07) is 7.25. The van der Waals surface area contributed by atoms with Gasteiger partial charge in [0.25, 0.3) is 0 Å². The third kappa shape index (κ3) is 3.75. The second kappa shape index (κ2) is 7.70. The number of carboxylic acid groups (broad SMARTS) is 1. The van der Waals surface area contributed by atoms with Gasteiger partial charge in [-0.3, -0.25) is 4.68 Å². The number of amides is 2. The highest BCUT2D eigenvalue weighted by Gasteiger charge is 2.35. The van der Waals surface area contributed by atoms with Gasteiger partial charge in [-0.2, -0.15) is 15.3 Å². The zero-order valence-corrected chi connectivity index (χ0v) is 16.0. The fourth-order valence-electron chi connectivity index (χ4n) is 2.88. The Kier molecular flexibility index (Phi) is 5.36. The summed E-state index contributed by atoms with van der Waals surface area (Å²) in [4.78, 5) is 36.4. The summed E-state index contributed by atoms with van der Waals surface area (Å²) in [7, 11) is 0. The highest BCUT2D eigenvalue weighted by molar-refractivity contribution is 14.1. The number of halogens is 1. The summed E-state index contributed by atoms with van der Waals surface area (Å²) in [5, 5.41) is 28.0. The summed E-state index contributed by atoms with van der Waals surface area (Å²) in [5.74, 6) is -1.12. The van der Waals surface area contributed by atoms with Crippen LogP contribution in [0.2, 0.25) is 0 Å². The highest BCUT2D eigenvalue weighted by atomic mass is 127. The zero-order chi connectivity index (χ0) is 19.6. The number of aromatic carboxylic acids is 1. The Labute approximate surface area is 166 Å². The minimum Gasteiger partial charge on any atom is -0.478 e. The topological polar surface area (TPSA) is 141 Å². The molecule has 0 bridgehead atoms. The summed E-state index contributed by atoms with van der Waals surface area (Å²) in [6.45, 7) is 0.0180. The molecule has 2 N–H and O–H groups in total. The molecule has 1 atom stereocenters. The molecule has 3 rings (SSSR count). The van der Waals surface area contributed by atoms with E-state index in [-0.39, 0.29) is 25.2 Å². The first-order chi connectivity index (χ1) is 12.9. The van der Waals surface area contributed by atoms with Gasteiger partial charge in [-0.25, -0.2) is 9.59 Å². The average Bonchev–Trinajstić information content (AvgIpc) is 2.96. The molecule has 1 unspecified atom stereocenters. The van der Waals surface area contributed by atoms with E-state index in [2.05, 4.69) is 15.6 Å². The lowest BCUT2D eigenvalue weighted by atomic mass is 10.1. The van der Waals surface area contributed by atoms with Crippen molar-refractivity contribution in [3.05, 3.63) is 49.7 Å². The van der Waals surface area contributed by atoms with E-state index >= 15 is 0 Å². The molecule has 2 aromatic rings. The van der Waals surface area contributed by atoms with Crippen LogP contribution in [0.5, 0.6) is 0 Å². The van der Waals surface area contributed by atoms with Crippen molar-refractivity contribution in [2.75, 3.05) is 11.9 Å². The highest BCUT2D eigenvalue weighted by Crippen LogP contribution is 2.25. The molecule has 0 spiro atoms. The van der Waals surface area contributed by atoms with Gasteiger partial charge in [-0.1, -0.05) is 5.18 Å². The predicted octanol–water partition coefficient (Wildman–Crippen LogP) is 2.24. The molecule has 27 heavy (non-hydrogen) atoms. The number of carbonyl (C=O) groups excluding carboxylic acids is 1. The number of rotatable bonds is 4. The number of carbonyl (C=O) groups is 2. The van der Waals surface area contributed by atoms with Crippen LogP contribution in [-0.4, -0.2) is 44.4 Å². The average molecular weight is 480 g/mol. The van der Waals surface area contributed by atoms with Crippen molar-refractivity contribution in [1.82, 2.24) is 14.7 Å². The number of carboxylic acids is 1. The maximum absolute atomic E-state index is 12.7. The number of anilines is 1. The molecule has 138 valence electrons. The molecule has 1 aromatic heterocycles. The number of urea groups is 1. The summed E-state index contributed by atoms with van der Waals surface area (Å²) < 4.78 is 1.83. The third-order valence-corrected chi connectivity index (χ3v) is 4.94. The number of nitrogens with one attached hydrogen (secondary N) is 1. The van der Waals surface area contributed by atoms with Crippen molar-refractivity contribution in [2.24, 2.45) is 5.18 Å². The van der Waals surface area contributed by atoms with Crippen LogP contribution in [0.25, 0.3) is 0 Å². The predicted molar refractivity (Wildman–Crippen MR) is 102 cm³/mol. The van der Waals surface area contributed by atoms with Crippen molar-refractivity contribution in [1.29, 1.82) is 5.26 Å². The van der Waals surface area contributed by atoms with E-state index in [0.717, 1.165) is 0 Å². The molecular weight excluding hydrogens is 467 g/mol. The Morgan fingerprint density at radius 1 is 1.41 bits per heavy atom. The number of aromatic nitrogens is 2. The molecule has 1 aliphatic rings. The number of nitriles is 1. The van der Waals surface area contributed by atoms with Crippen LogP contribution in [0.1, 0.15) is 21.6 Å². The largest absolute Gasteiger partial charge is 0.478 e. The monoisotopic (exact) mass is 480 g/mol. The fraction of sp³-hybridized carbons (Fsp3) is 0.250. The van der Waals surface area contributed by atoms with Crippen molar-refractivity contribution in [2.45, 2.75) is 19.1 Å². The normalized spacial score (nSPS) is 15.6. The van der Waals surface area contributed by atoms with E-state index in [1.807, 2.05) is 28.7 Å². The van der Waals surface area contributed by atoms with Gasteiger partial charge in [0.1, 0.15) is 15.8 Å². The van der Waals surface area contributed by atoms with Gasteiger partial charge in [0.15, 0.2) is 0 Å². The molecule has 11 heteroatoms. The molecule has 0 aliphatic carbocycles. The van der Waals surface area contributed by atoms with Crippen LogP contribution >= 0.6 is 22.6 Å². The maximum atomic E-state index is 12.7. The first kappa shape index (κ1) is 18.8. The Morgan fingerprint density at radius 3 is 2.70 bits per heavy atom. The lowest BCUT2D eigenvalue weighted by Crippen LogP contribution is -2.50. The van der Waals surface area contributed by atoms with Crippen molar-refractivity contribution >= 4 is 40.3 Å². The van der Waals surface area contributed by atoms with E-state index in [1.54, 1.807) is 24.3 Å². The van der Waals surface area contributed by atoms with E-state index < -0.39 is 18.0 Å². The molecule has 0 saturated carbocycles. The van der Waals surface area contributed by atoms with Crippen molar-refractivity contribution in [3.63, 3.8) is 0 Å². The van der Waals surface area contributed by atoms with Crippen LogP contribution in [0.3, 0.4) is 0 Å². The number of hydrogen-bond donors (Lipinski definition) is 2. The lowest BCUT2D eigenvalue weighted by Gasteiger charge is -2.34. The van der Waals surface area contributed by atoms with Crippen LogP contribution in [0.15, 0.2) is 29.4 Å². The van der Waals surface area contributed by atoms with Gasteiger partial charge in [0.05, 0.1) is 36.5 Å². The smallest absolute Gasteiger partial charge is 0.340 e. The van der Waals surface area contributed by atoms with Crippen LogP contribution in [0, 0.1) is 19.9 Å². The molecule has 0 fully saturated rings. The first-order valence-electron chi connectivity index (χ1n) is 7.80. The molecule has 1 aliphatic heterocycles. The van der Waals surface area contributed by atoms with Crippen molar-refractivity contribution < 1.29 is 14.7 Å². The summed E-state index contributed by atoms with van der Waals surface area (Å²) >= 11 is 1.83. The Bertz CT molecular complexity index is 949. The van der Waals surface area contributed by atoms with Gasteiger partial charge >= 0.3 is 12.0 Å². The van der Waals surface area contributed by atoms with E-state index in [9.17, 15) is 19.6 Å². The van der Waals surface area contributed by atoms with Crippen LogP contribution < -0.4 is 5.32 Å². The number of nitroso groups, excluding NO2 is 1. The third-order valence-electron chi connectivity index (χ3n) is 4.18. The minimum atomic E-state index is -1.12. The molecule has 10 nitrogen and oxygen atoms in total. The fourth-order valence-corrected chi connectivity index (χ4v) is 3.68. The van der Waals surface area contributed by atoms with Gasteiger partial charge in [0, 0.05) is 5.69 Å². The maximum Gasteiger partial charge on any atom is 0.340 e.